The monoisotopic (exact) mass is 240 g/mol. The van der Waals surface area contributed by atoms with Gasteiger partial charge in [-0.25, -0.2) is 8.78 Å². The van der Waals surface area contributed by atoms with E-state index in [0.29, 0.717) is 11.5 Å². The van der Waals surface area contributed by atoms with E-state index >= 15 is 0 Å². The lowest BCUT2D eigenvalue weighted by atomic mass is 9.82. The third kappa shape index (κ3) is 3.27. The molecule has 96 valence electrons. The van der Waals surface area contributed by atoms with Crippen LogP contribution in [0.1, 0.15) is 64.5 Å². The predicted molar refractivity (Wildman–Crippen MR) is 68.4 cm³/mol. The summed E-state index contributed by atoms with van der Waals surface area (Å²) in [6.07, 6.45) is 2.12. The van der Waals surface area contributed by atoms with Crippen LogP contribution in [0.2, 0.25) is 0 Å². The fourth-order valence-corrected chi connectivity index (χ4v) is 2.10. The molecule has 1 aromatic carbocycles. The molecule has 0 heterocycles. The smallest absolute Gasteiger partial charge is 0.130 e. The van der Waals surface area contributed by atoms with Gasteiger partial charge in [-0.1, -0.05) is 34.6 Å². The first-order valence-electron chi connectivity index (χ1n) is 6.39. The first-order valence-corrected chi connectivity index (χ1v) is 6.39. The van der Waals surface area contributed by atoms with Crippen LogP contribution in [0.5, 0.6) is 0 Å². The fraction of sp³-hybridized carbons (Fsp3) is 0.600. The molecule has 0 atom stereocenters. The van der Waals surface area contributed by atoms with E-state index in [1.54, 1.807) is 0 Å². The Morgan fingerprint density at radius 3 is 2.00 bits per heavy atom. The van der Waals surface area contributed by atoms with Crippen molar-refractivity contribution in [1.82, 2.24) is 0 Å². The normalized spacial score (nSPS) is 15.2. The summed E-state index contributed by atoms with van der Waals surface area (Å²) in [5, 5.41) is 0. The van der Waals surface area contributed by atoms with Crippen molar-refractivity contribution in [3.05, 3.63) is 34.9 Å². The highest BCUT2D eigenvalue weighted by molar-refractivity contribution is 5.39. The van der Waals surface area contributed by atoms with E-state index in [0.717, 1.165) is 24.5 Å². The van der Waals surface area contributed by atoms with E-state index in [9.17, 15) is 8.78 Å². The molecule has 0 nitrogen and oxygen atoms in total. The van der Waals surface area contributed by atoms with Crippen LogP contribution < -0.4 is 0 Å². The maximum absolute atomic E-state index is 13.8. The Balaban J connectivity index is 0.000000686. The third-order valence-corrected chi connectivity index (χ3v) is 2.85. The minimum atomic E-state index is -0.456. The summed E-state index contributed by atoms with van der Waals surface area (Å²) in [6.45, 7) is 9.90. The minimum absolute atomic E-state index is 0.254. The lowest BCUT2D eigenvalue weighted by Gasteiger charge is -2.23. The van der Waals surface area contributed by atoms with Crippen molar-refractivity contribution >= 4 is 0 Å². The van der Waals surface area contributed by atoms with Gasteiger partial charge in [-0.15, -0.1) is 0 Å². The topological polar surface area (TPSA) is 0 Å². The average molecular weight is 240 g/mol. The predicted octanol–water partition coefficient (Wildman–Crippen LogP) is 5.17. The van der Waals surface area contributed by atoms with Crippen LogP contribution in [-0.4, -0.2) is 0 Å². The molecule has 1 fully saturated rings. The molecule has 17 heavy (non-hydrogen) atoms. The Kier molecular flexibility index (Phi) is 4.29. The lowest BCUT2D eigenvalue weighted by molar-refractivity contribution is 0.504. The maximum atomic E-state index is 13.8. The molecular weight excluding hydrogens is 218 g/mol. The second kappa shape index (κ2) is 5.16. The molecule has 0 amide bonds. The van der Waals surface area contributed by atoms with E-state index in [-0.39, 0.29) is 5.41 Å². The average Bonchev–Trinajstić information content (AvgIpc) is 3.00. The van der Waals surface area contributed by atoms with E-state index in [4.69, 9.17) is 0 Å². The van der Waals surface area contributed by atoms with Crippen LogP contribution >= 0.6 is 0 Å². The number of benzene rings is 1. The van der Waals surface area contributed by atoms with Gasteiger partial charge in [0.2, 0.25) is 0 Å². The van der Waals surface area contributed by atoms with Crippen molar-refractivity contribution in [2.45, 2.75) is 58.8 Å². The zero-order valence-corrected chi connectivity index (χ0v) is 11.4. The van der Waals surface area contributed by atoms with Gasteiger partial charge in [-0.3, -0.25) is 0 Å². The van der Waals surface area contributed by atoms with Crippen LogP contribution in [0.15, 0.2) is 12.1 Å². The van der Waals surface area contributed by atoms with Crippen LogP contribution in [0.3, 0.4) is 0 Å². The Bertz CT molecular complexity index is 385. The van der Waals surface area contributed by atoms with Gasteiger partial charge in [0, 0.05) is 6.07 Å². The van der Waals surface area contributed by atoms with Gasteiger partial charge >= 0.3 is 0 Å². The van der Waals surface area contributed by atoms with Crippen molar-refractivity contribution in [3.63, 3.8) is 0 Å². The maximum Gasteiger partial charge on any atom is 0.130 e. The first kappa shape index (κ1) is 14.1. The fourth-order valence-electron chi connectivity index (χ4n) is 2.10. The summed E-state index contributed by atoms with van der Waals surface area (Å²) in [4.78, 5) is 0. The van der Waals surface area contributed by atoms with Gasteiger partial charge < -0.3 is 0 Å². The molecule has 0 radical (unpaired) electrons. The van der Waals surface area contributed by atoms with Crippen LogP contribution in [0.25, 0.3) is 0 Å². The molecule has 0 aliphatic heterocycles. The Labute approximate surface area is 103 Å². The largest absolute Gasteiger partial charge is 0.207 e. The number of rotatable bonds is 1. The van der Waals surface area contributed by atoms with Crippen molar-refractivity contribution in [1.29, 1.82) is 0 Å². The highest BCUT2D eigenvalue weighted by Gasteiger charge is 2.32. The second-order valence-electron chi connectivity index (χ2n) is 5.38. The summed E-state index contributed by atoms with van der Waals surface area (Å²) in [5.74, 6) is -0.476. The summed E-state index contributed by atoms with van der Waals surface area (Å²) in [6, 6.07) is 2.49. The number of halogens is 2. The quantitative estimate of drug-likeness (QED) is 0.635. The summed E-state index contributed by atoms with van der Waals surface area (Å²) in [7, 11) is 0. The van der Waals surface area contributed by atoms with Gasteiger partial charge in [0.1, 0.15) is 11.6 Å². The van der Waals surface area contributed by atoms with Gasteiger partial charge in [0.25, 0.3) is 0 Å². The standard InChI is InChI=1S/C13H16F2.C2H6/c1-13(2,3)12-10(8-4-5-8)6-9(14)7-11(12)15;1-2/h6-8H,4-5H2,1-3H3;1-2H3. The summed E-state index contributed by atoms with van der Waals surface area (Å²) in [5.41, 5.74) is 1.31. The van der Waals surface area contributed by atoms with E-state index in [2.05, 4.69) is 0 Å². The van der Waals surface area contributed by atoms with Crippen LogP contribution in [0, 0.1) is 11.6 Å². The zero-order chi connectivity index (χ0) is 13.2. The van der Waals surface area contributed by atoms with Gasteiger partial charge in [-0.2, -0.15) is 0 Å². The molecule has 1 aliphatic carbocycles. The van der Waals surface area contributed by atoms with Crippen molar-refractivity contribution < 1.29 is 8.78 Å². The molecule has 0 unspecified atom stereocenters. The lowest BCUT2D eigenvalue weighted by Crippen LogP contribution is -2.17. The summed E-state index contributed by atoms with van der Waals surface area (Å²) < 4.78 is 26.9. The molecule has 2 rings (SSSR count). The molecule has 1 saturated carbocycles. The zero-order valence-electron chi connectivity index (χ0n) is 11.4. The molecule has 0 bridgehead atoms. The summed E-state index contributed by atoms with van der Waals surface area (Å²) >= 11 is 0. The van der Waals surface area contributed by atoms with Crippen LogP contribution in [0.4, 0.5) is 8.78 Å². The SMILES string of the molecule is CC.CC(C)(C)c1c(F)cc(F)cc1C1CC1. The van der Waals surface area contributed by atoms with Crippen molar-refractivity contribution in [2.24, 2.45) is 0 Å². The van der Waals surface area contributed by atoms with Crippen LogP contribution in [-0.2, 0) is 5.41 Å². The van der Waals surface area contributed by atoms with E-state index in [1.165, 1.54) is 6.07 Å². The molecule has 0 N–H and O–H groups in total. The van der Waals surface area contributed by atoms with E-state index < -0.39 is 11.6 Å². The number of hydrogen-bond acceptors (Lipinski definition) is 0. The molecule has 1 aromatic rings. The minimum Gasteiger partial charge on any atom is -0.207 e. The van der Waals surface area contributed by atoms with Crippen molar-refractivity contribution in [3.8, 4) is 0 Å². The molecule has 0 saturated heterocycles. The second-order valence-corrected chi connectivity index (χ2v) is 5.38. The Morgan fingerprint density at radius 1 is 1.06 bits per heavy atom. The first-order chi connectivity index (χ1) is 7.89. The molecular formula is C15H22F2. The van der Waals surface area contributed by atoms with E-state index in [1.807, 2.05) is 34.6 Å². The highest BCUT2D eigenvalue weighted by atomic mass is 19.1. The molecule has 1 aliphatic rings. The Morgan fingerprint density at radius 2 is 1.59 bits per heavy atom. The van der Waals surface area contributed by atoms with Gasteiger partial charge in [0.05, 0.1) is 0 Å². The highest BCUT2D eigenvalue weighted by Crippen LogP contribution is 2.45. The van der Waals surface area contributed by atoms with Gasteiger partial charge in [-0.05, 0) is 41.4 Å². The Hall–Kier alpha value is -0.920. The van der Waals surface area contributed by atoms with Crippen molar-refractivity contribution in [2.75, 3.05) is 0 Å². The molecule has 0 aromatic heterocycles. The van der Waals surface area contributed by atoms with Gasteiger partial charge in [0.15, 0.2) is 0 Å². The molecule has 0 spiro atoms. The number of hydrogen-bond donors (Lipinski definition) is 0. The third-order valence-electron chi connectivity index (χ3n) is 2.85. The molecule has 2 heteroatoms.